The van der Waals surface area contributed by atoms with Crippen LogP contribution in [-0.4, -0.2) is 19.1 Å². The standard InChI is InChI=1S/C8H6N3O2S/c9-6-11(7-10)14(12,13)8-4-2-1-3-5-8/h1-5,9H. The monoisotopic (exact) mass is 208 g/mol. The third kappa shape index (κ3) is 1.72. The van der Waals surface area contributed by atoms with Gasteiger partial charge in [0.2, 0.25) is 6.19 Å². The maximum absolute atomic E-state index is 11.5. The number of hydrogen-bond acceptors (Lipinski definition) is 4. The van der Waals surface area contributed by atoms with Crippen molar-refractivity contribution >= 4 is 16.4 Å². The first-order chi connectivity index (χ1) is 6.62. The lowest BCUT2D eigenvalue weighted by atomic mass is 10.4. The summed E-state index contributed by atoms with van der Waals surface area (Å²) in [6, 6.07) is 7.41. The van der Waals surface area contributed by atoms with Crippen LogP contribution in [-0.2, 0) is 10.0 Å². The van der Waals surface area contributed by atoms with Gasteiger partial charge in [0, 0.05) is 0 Å². The van der Waals surface area contributed by atoms with Gasteiger partial charge in [-0.25, -0.2) is 0 Å². The molecule has 0 spiro atoms. The third-order valence-corrected chi connectivity index (χ3v) is 3.00. The summed E-state index contributed by atoms with van der Waals surface area (Å²) in [6.45, 7) is 0. The molecule has 0 unspecified atom stereocenters. The fourth-order valence-electron chi connectivity index (χ4n) is 0.837. The number of nitriles is 1. The summed E-state index contributed by atoms with van der Waals surface area (Å²) in [5, 5.41) is 15.1. The lowest BCUT2D eigenvalue weighted by molar-refractivity contribution is 0.567. The van der Waals surface area contributed by atoms with E-state index in [-0.39, 0.29) is 9.20 Å². The molecule has 0 heterocycles. The summed E-state index contributed by atoms with van der Waals surface area (Å²) >= 11 is 0. The zero-order chi connectivity index (χ0) is 10.6. The largest absolute Gasteiger partial charge is 0.280 e. The minimum absolute atomic E-state index is 0.0405. The van der Waals surface area contributed by atoms with E-state index >= 15 is 0 Å². The normalized spacial score (nSPS) is 10.2. The Morgan fingerprint density at radius 1 is 1.29 bits per heavy atom. The van der Waals surface area contributed by atoms with Crippen LogP contribution in [0, 0.1) is 16.9 Å². The SMILES string of the molecule is N#CN([C]=N)S(=O)(=O)c1ccccc1. The van der Waals surface area contributed by atoms with Crippen LogP contribution in [0.15, 0.2) is 35.2 Å². The van der Waals surface area contributed by atoms with E-state index in [1.165, 1.54) is 36.8 Å². The predicted molar refractivity (Wildman–Crippen MR) is 48.8 cm³/mol. The Balaban J connectivity index is 3.23. The van der Waals surface area contributed by atoms with Crippen molar-refractivity contribution in [2.45, 2.75) is 4.90 Å². The van der Waals surface area contributed by atoms with Gasteiger partial charge in [-0.15, -0.1) is 4.31 Å². The molecule has 0 fully saturated rings. The van der Waals surface area contributed by atoms with E-state index < -0.39 is 10.0 Å². The fourth-order valence-corrected chi connectivity index (χ4v) is 1.78. The van der Waals surface area contributed by atoms with Crippen LogP contribution >= 0.6 is 0 Å². The molecule has 0 bridgehead atoms. The van der Waals surface area contributed by atoms with Crippen molar-refractivity contribution in [1.82, 2.24) is 4.31 Å². The number of nitrogens with zero attached hydrogens (tertiary/aromatic N) is 2. The van der Waals surface area contributed by atoms with Crippen LogP contribution in [0.4, 0.5) is 0 Å². The van der Waals surface area contributed by atoms with Gasteiger partial charge in [0.05, 0.1) is 4.90 Å². The van der Waals surface area contributed by atoms with Gasteiger partial charge in [0.25, 0.3) is 10.0 Å². The summed E-state index contributed by atoms with van der Waals surface area (Å²) in [6.07, 6.45) is 2.86. The first kappa shape index (κ1) is 10.2. The molecule has 1 radical (unpaired) electrons. The summed E-state index contributed by atoms with van der Waals surface area (Å²) in [5.41, 5.74) is 0. The Bertz CT molecular complexity index is 461. The molecule has 0 aliphatic carbocycles. The van der Waals surface area contributed by atoms with E-state index in [0.29, 0.717) is 0 Å². The Morgan fingerprint density at radius 3 is 2.29 bits per heavy atom. The molecule has 0 saturated heterocycles. The van der Waals surface area contributed by atoms with Gasteiger partial charge >= 0.3 is 0 Å². The highest BCUT2D eigenvalue weighted by atomic mass is 32.2. The van der Waals surface area contributed by atoms with Crippen LogP contribution in [0.1, 0.15) is 0 Å². The van der Waals surface area contributed by atoms with Crippen LogP contribution < -0.4 is 0 Å². The summed E-state index contributed by atoms with van der Waals surface area (Å²) in [4.78, 5) is -0.0405. The zero-order valence-corrected chi connectivity index (χ0v) is 7.82. The average molecular weight is 208 g/mol. The number of nitrogens with one attached hydrogen (secondary N) is 1. The molecule has 1 N–H and O–H groups in total. The molecule has 0 aliphatic heterocycles. The molecule has 0 amide bonds. The molecular weight excluding hydrogens is 202 g/mol. The van der Waals surface area contributed by atoms with Gasteiger partial charge in [0.1, 0.15) is 0 Å². The highest BCUT2D eigenvalue weighted by Gasteiger charge is 2.21. The highest BCUT2D eigenvalue weighted by Crippen LogP contribution is 2.12. The molecule has 1 aromatic rings. The van der Waals surface area contributed by atoms with E-state index in [4.69, 9.17) is 10.7 Å². The summed E-state index contributed by atoms with van der Waals surface area (Å²) in [5.74, 6) is 0. The maximum atomic E-state index is 11.5. The van der Waals surface area contributed by atoms with Crippen LogP contribution in [0.25, 0.3) is 0 Å². The molecule has 14 heavy (non-hydrogen) atoms. The second kappa shape index (κ2) is 3.89. The van der Waals surface area contributed by atoms with Crippen LogP contribution in [0.3, 0.4) is 0 Å². The van der Waals surface area contributed by atoms with Gasteiger partial charge in [-0.2, -0.15) is 13.7 Å². The van der Waals surface area contributed by atoms with Gasteiger partial charge in [-0.1, -0.05) is 18.2 Å². The lowest BCUT2D eigenvalue weighted by Crippen LogP contribution is -2.24. The van der Waals surface area contributed by atoms with Crippen molar-refractivity contribution in [1.29, 1.82) is 10.7 Å². The number of rotatable bonds is 3. The minimum Gasteiger partial charge on any atom is -0.280 e. The Kier molecular flexibility index (Phi) is 2.84. The van der Waals surface area contributed by atoms with Gasteiger partial charge in [-0.05, 0) is 12.1 Å². The topological polar surface area (TPSA) is 85.0 Å². The lowest BCUT2D eigenvalue weighted by Gasteiger charge is -2.07. The second-order valence-corrected chi connectivity index (χ2v) is 4.08. The summed E-state index contributed by atoms with van der Waals surface area (Å²) < 4.78 is 23.2. The smallest absolute Gasteiger partial charge is 0.278 e. The average Bonchev–Trinajstić information content (AvgIpc) is 2.20. The molecule has 5 nitrogen and oxygen atoms in total. The van der Waals surface area contributed by atoms with E-state index in [0.717, 1.165) is 0 Å². The predicted octanol–water partition coefficient (Wildman–Crippen LogP) is 0.642. The Morgan fingerprint density at radius 2 is 1.86 bits per heavy atom. The molecule has 1 rings (SSSR count). The van der Waals surface area contributed by atoms with Gasteiger partial charge in [0.15, 0.2) is 6.34 Å². The number of benzene rings is 1. The fraction of sp³-hybridized carbons (Fsp3) is 0. The molecule has 1 aromatic carbocycles. The molecule has 71 valence electrons. The van der Waals surface area contributed by atoms with E-state index in [2.05, 4.69) is 0 Å². The third-order valence-electron chi connectivity index (χ3n) is 1.47. The van der Waals surface area contributed by atoms with Crippen molar-refractivity contribution in [3.63, 3.8) is 0 Å². The second-order valence-electron chi connectivity index (χ2n) is 2.29. The molecular formula is C8H6N3O2S. The van der Waals surface area contributed by atoms with Gasteiger partial charge in [-0.3, -0.25) is 5.41 Å². The van der Waals surface area contributed by atoms with Crippen LogP contribution in [0.2, 0.25) is 0 Å². The van der Waals surface area contributed by atoms with E-state index in [1.54, 1.807) is 6.07 Å². The molecule has 0 atom stereocenters. The Hall–Kier alpha value is -1.87. The Labute approximate surface area is 81.8 Å². The van der Waals surface area contributed by atoms with Crippen molar-refractivity contribution in [2.24, 2.45) is 0 Å². The first-order valence-electron chi connectivity index (χ1n) is 3.55. The van der Waals surface area contributed by atoms with Crippen molar-refractivity contribution in [3.05, 3.63) is 30.3 Å². The highest BCUT2D eigenvalue weighted by molar-refractivity contribution is 7.89. The van der Waals surface area contributed by atoms with E-state index in [1.807, 2.05) is 0 Å². The quantitative estimate of drug-likeness (QED) is 0.342. The molecule has 0 saturated carbocycles. The number of sulfonamides is 1. The van der Waals surface area contributed by atoms with Crippen molar-refractivity contribution in [3.8, 4) is 6.19 Å². The molecule has 0 aliphatic rings. The summed E-state index contributed by atoms with van der Waals surface area (Å²) in [7, 11) is -3.93. The van der Waals surface area contributed by atoms with E-state index in [9.17, 15) is 8.42 Å². The zero-order valence-electron chi connectivity index (χ0n) is 7.01. The molecule has 0 aromatic heterocycles. The van der Waals surface area contributed by atoms with Crippen molar-refractivity contribution in [2.75, 3.05) is 0 Å². The van der Waals surface area contributed by atoms with Crippen molar-refractivity contribution < 1.29 is 8.42 Å². The molecule has 6 heteroatoms. The maximum Gasteiger partial charge on any atom is 0.278 e. The van der Waals surface area contributed by atoms with Gasteiger partial charge < -0.3 is 0 Å². The first-order valence-corrected chi connectivity index (χ1v) is 4.99. The van der Waals surface area contributed by atoms with Crippen LogP contribution in [0.5, 0.6) is 0 Å². The minimum atomic E-state index is -3.93. The number of hydrogen-bond donors (Lipinski definition) is 1.